The lowest BCUT2D eigenvalue weighted by Gasteiger charge is -2.29. The highest BCUT2D eigenvalue weighted by atomic mass is 16.3. The summed E-state index contributed by atoms with van der Waals surface area (Å²) < 4.78 is 0. The molecule has 0 fully saturated rings. The zero-order chi connectivity index (χ0) is 12.1. The Hall–Kier alpha value is -0.860. The van der Waals surface area contributed by atoms with Crippen molar-refractivity contribution in [1.82, 2.24) is 0 Å². The highest BCUT2D eigenvalue weighted by Crippen LogP contribution is 2.20. The summed E-state index contributed by atoms with van der Waals surface area (Å²) >= 11 is 0. The first kappa shape index (κ1) is 13.2. The third-order valence-corrected chi connectivity index (χ3v) is 3.06. The van der Waals surface area contributed by atoms with Crippen LogP contribution < -0.4 is 5.73 Å². The fourth-order valence-corrected chi connectivity index (χ4v) is 1.91. The van der Waals surface area contributed by atoms with Crippen LogP contribution in [0.3, 0.4) is 0 Å². The first-order chi connectivity index (χ1) is 7.52. The standard InChI is InChI=1S/C14H22NO/c1-10(2)14(15)13(11(3)16)9-12-7-5-4-6-8-12/h4-8,11,13-14,16H,9,15H2,1-3H3/t11-,13+,14?/m0/s1. The molecule has 0 aliphatic heterocycles. The van der Waals surface area contributed by atoms with Crippen molar-refractivity contribution < 1.29 is 5.11 Å². The van der Waals surface area contributed by atoms with Gasteiger partial charge in [0.25, 0.3) is 0 Å². The summed E-state index contributed by atoms with van der Waals surface area (Å²) in [5.41, 5.74) is 7.34. The Labute approximate surface area is 98.5 Å². The molecular weight excluding hydrogens is 198 g/mol. The molecule has 1 aromatic rings. The molecule has 1 rings (SSSR count). The normalized spacial score (nSPS) is 17.1. The van der Waals surface area contributed by atoms with Gasteiger partial charge >= 0.3 is 0 Å². The van der Waals surface area contributed by atoms with Crippen LogP contribution >= 0.6 is 0 Å². The third-order valence-electron chi connectivity index (χ3n) is 3.06. The maximum atomic E-state index is 9.80. The molecule has 0 heterocycles. The van der Waals surface area contributed by atoms with Gasteiger partial charge in [0.2, 0.25) is 0 Å². The van der Waals surface area contributed by atoms with Gasteiger partial charge in [0.1, 0.15) is 0 Å². The summed E-state index contributed by atoms with van der Waals surface area (Å²) in [5.74, 6) is 1.26. The molecule has 1 aromatic carbocycles. The van der Waals surface area contributed by atoms with E-state index in [2.05, 4.69) is 12.1 Å². The first-order valence-corrected chi connectivity index (χ1v) is 5.80. The Morgan fingerprint density at radius 2 is 1.81 bits per heavy atom. The van der Waals surface area contributed by atoms with E-state index in [0.29, 0.717) is 0 Å². The van der Waals surface area contributed by atoms with Gasteiger partial charge in [-0.2, -0.15) is 0 Å². The average molecular weight is 220 g/mol. The lowest BCUT2D eigenvalue weighted by molar-refractivity contribution is 0.112. The molecule has 0 aliphatic carbocycles. The third kappa shape index (κ3) is 3.62. The number of aliphatic hydroxyl groups excluding tert-OH is 1. The maximum absolute atomic E-state index is 9.80. The molecule has 0 aromatic heterocycles. The van der Waals surface area contributed by atoms with E-state index in [4.69, 9.17) is 5.73 Å². The molecule has 0 bridgehead atoms. The molecule has 0 saturated heterocycles. The number of nitrogens with two attached hydrogens (primary N) is 1. The summed E-state index contributed by atoms with van der Waals surface area (Å²) in [6.45, 7) is 5.85. The molecule has 0 saturated carbocycles. The predicted octanol–water partition coefficient (Wildman–Crippen LogP) is 2.17. The lowest BCUT2D eigenvalue weighted by Crippen LogP contribution is -2.41. The zero-order valence-corrected chi connectivity index (χ0v) is 10.4. The Kier molecular flexibility index (Phi) is 4.97. The summed E-state index contributed by atoms with van der Waals surface area (Å²) in [5, 5.41) is 9.80. The molecule has 0 spiro atoms. The average Bonchev–Trinajstić information content (AvgIpc) is 2.26. The second-order valence-electron chi connectivity index (χ2n) is 4.70. The Morgan fingerprint density at radius 1 is 1.25 bits per heavy atom. The van der Waals surface area contributed by atoms with Crippen molar-refractivity contribution in [2.24, 2.45) is 11.7 Å². The summed E-state index contributed by atoms with van der Waals surface area (Å²) in [4.78, 5) is 0. The highest BCUT2D eigenvalue weighted by Gasteiger charge is 2.25. The van der Waals surface area contributed by atoms with Crippen molar-refractivity contribution in [3.8, 4) is 0 Å². The number of hydrogen-bond donors (Lipinski definition) is 2. The van der Waals surface area contributed by atoms with E-state index in [-0.39, 0.29) is 18.1 Å². The first-order valence-electron chi connectivity index (χ1n) is 5.80. The summed E-state index contributed by atoms with van der Waals surface area (Å²) in [6, 6.07) is 10.1. The molecule has 1 radical (unpaired) electrons. The van der Waals surface area contributed by atoms with Crippen molar-refractivity contribution in [3.63, 3.8) is 0 Å². The quantitative estimate of drug-likeness (QED) is 0.799. The number of aliphatic hydroxyl groups is 1. The SMILES string of the molecule is C[C](C)C(N)[C@H](Cc1ccccc1)[C@H](C)O. The zero-order valence-electron chi connectivity index (χ0n) is 10.4. The van der Waals surface area contributed by atoms with E-state index in [0.717, 1.165) is 6.42 Å². The van der Waals surface area contributed by atoms with E-state index in [1.807, 2.05) is 39.0 Å². The van der Waals surface area contributed by atoms with Gasteiger partial charge in [-0.25, -0.2) is 0 Å². The fraction of sp³-hybridized carbons (Fsp3) is 0.500. The number of benzene rings is 1. The van der Waals surface area contributed by atoms with E-state index >= 15 is 0 Å². The van der Waals surface area contributed by atoms with E-state index in [1.54, 1.807) is 0 Å². The summed E-state index contributed by atoms with van der Waals surface area (Å²) in [7, 11) is 0. The molecular formula is C14H22NO. The molecule has 3 N–H and O–H groups in total. The molecule has 16 heavy (non-hydrogen) atoms. The molecule has 89 valence electrons. The van der Waals surface area contributed by atoms with Gasteiger partial charge in [0.05, 0.1) is 6.10 Å². The minimum atomic E-state index is -0.384. The van der Waals surface area contributed by atoms with Crippen LogP contribution in [0.2, 0.25) is 0 Å². The monoisotopic (exact) mass is 220 g/mol. The van der Waals surface area contributed by atoms with Gasteiger partial charge in [-0.05, 0) is 24.8 Å². The van der Waals surface area contributed by atoms with Crippen molar-refractivity contribution in [2.45, 2.75) is 39.3 Å². The smallest absolute Gasteiger partial charge is 0.0558 e. The van der Waals surface area contributed by atoms with Crippen molar-refractivity contribution in [2.75, 3.05) is 0 Å². The van der Waals surface area contributed by atoms with Crippen molar-refractivity contribution in [1.29, 1.82) is 0 Å². The van der Waals surface area contributed by atoms with Crippen molar-refractivity contribution >= 4 is 0 Å². The van der Waals surface area contributed by atoms with Gasteiger partial charge < -0.3 is 10.8 Å². The van der Waals surface area contributed by atoms with Gasteiger partial charge in [0, 0.05) is 12.0 Å². The Morgan fingerprint density at radius 3 is 2.25 bits per heavy atom. The predicted molar refractivity (Wildman–Crippen MR) is 67.9 cm³/mol. The van der Waals surface area contributed by atoms with Crippen LogP contribution in [0.25, 0.3) is 0 Å². The Balaban J connectivity index is 2.73. The van der Waals surface area contributed by atoms with Crippen LogP contribution in [0.1, 0.15) is 26.3 Å². The van der Waals surface area contributed by atoms with E-state index < -0.39 is 0 Å². The van der Waals surface area contributed by atoms with Gasteiger partial charge in [-0.3, -0.25) is 0 Å². The van der Waals surface area contributed by atoms with Crippen LogP contribution in [0.5, 0.6) is 0 Å². The van der Waals surface area contributed by atoms with E-state index in [9.17, 15) is 5.11 Å². The van der Waals surface area contributed by atoms with Crippen LogP contribution in [0, 0.1) is 11.8 Å². The molecule has 2 nitrogen and oxygen atoms in total. The Bertz CT molecular complexity index is 295. The number of rotatable bonds is 5. The molecule has 1 unspecified atom stereocenters. The second kappa shape index (κ2) is 6.02. The second-order valence-corrected chi connectivity index (χ2v) is 4.70. The van der Waals surface area contributed by atoms with Crippen molar-refractivity contribution in [3.05, 3.63) is 41.8 Å². The van der Waals surface area contributed by atoms with Gasteiger partial charge in [-0.1, -0.05) is 44.2 Å². The van der Waals surface area contributed by atoms with Crippen LogP contribution in [0.15, 0.2) is 30.3 Å². The van der Waals surface area contributed by atoms with Crippen LogP contribution in [-0.2, 0) is 6.42 Å². The van der Waals surface area contributed by atoms with Crippen LogP contribution in [-0.4, -0.2) is 17.3 Å². The van der Waals surface area contributed by atoms with Crippen LogP contribution in [0.4, 0.5) is 0 Å². The highest BCUT2D eigenvalue weighted by molar-refractivity contribution is 5.16. The number of hydrogen-bond acceptors (Lipinski definition) is 2. The fourth-order valence-electron chi connectivity index (χ4n) is 1.91. The largest absolute Gasteiger partial charge is 0.393 e. The topological polar surface area (TPSA) is 46.2 Å². The molecule has 3 atom stereocenters. The van der Waals surface area contributed by atoms with E-state index in [1.165, 1.54) is 11.5 Å². The van der Waals surface area contributed by atoms with Gasteiger partial charge in [0.15, 0.2) is 0 Å². The van der Waals surface area contributed by atoms with Gasteiger partial charge in [-0.15, -0.1) is 0 Å². The summed E-state index contributed by atoms with van der Waals surface area (Å²) in [6.07, 6.45) is 0.440. The minimum Gasteiger partial charge on any atom is -0.393 e. The molecule has 0 amide bonds. The lowest BCUT2D eigenvalue weighted by atomic mass is 9.83. The molecule has 2 heteroatoms. The maximum Gasteiger partial charge on any atom is 0.0558 e. The minimum absolute atomic E-state index is 0.0415. The molecule has 0 aliphatic rings.